The molecular formula is C11H11BrN2S. The summed E-state index contributed by atoms with van der Waals surface area (Å²) in [6.45, 7) is 0. The van der Waals surface area contributed by atoms with Crippen LogP contribution in [0.3, 0.4) is 0 Å². The largest absolute Gasteiger partial charge is 0.329 e. The Hall–Kier alpha value is -0.740. The van der Waals surface area contributed by atoms with E-state index in [0.717, 1.165) is 15.4 Å². The van der Waals surface area contributed by atoms with E-state index in [1.165, 1.54) is 5.56 Å². The van der Waals surface area contributed by atoms with E-state index in [1.807, 2.05) is 24.0 Å². The van der Waals surface area contributed by atoms with Crippen molar-refractivity contribution in [2.75, 3.05) is 0 Å². The van der Waals surface area contributed by atoms with E-state index in [-0.39, 0.29) is 0 Å². The summed E-state index contributed by atoms with van der Waals surface area (Å²) in [4.78, 5) is 4.27. The number of hydrogen-bond donors (Lipinski definition) is 0. The van der Waals surface area contributed by atoms with Crippen molar-refractivity contribution in [2.45, 2.75) is 10.9 Å². The average Bonchev–Trinajstić information content (AvgIpc) is 2.63. The molecule has 0 amide bonds. The molecule has 1 aromatic heterocycles. The molecule has 0 aliphatic carbocycles. The van der Waals surface area contributed by atoms with Crippen LogP contribution in [0.4, 0.5) is 0 Å². The highest BCUT2D eigenvalue weighted by atomic mass is 79.9. The number of aryl methyl sites for hydroxylation is 1. The lowest BCUT2D eigenvalue weighted by molar-refractivity contribution is 0.790. The van der Waals surface area contributed by atoms with E-state index in [4.69, 9.17) is 0 Å². The van der Waals surface area contributed by atoms with E-state index in [9.17, 15) is 0 Å². The van der Waals surface area contributed by atoms with Crippen molar-refractivity contribution in [1.82, 2.24) is 9.55 Å². The van der Waals surface area contributed by atoms with Gasteiger partial charge in [0.15, 0.2) is 5.16 Å². The maximum absolute atomic E-state index is 4.27. The van der Waals surface area contributed by atoms with Crippen LogP contribution in [-0.2, 0) is 12.8 Å². The Morgan fingerprint density at radius 1 is 1.33 bits per heavy atom. The van der Waals surface area contributed by atoms with Crippen LogP contribution in [0.15, 0.2) is 46.3 Å². The van der Waals surface area contributed by atoms with Crippen LogP contribution in [0.1, 0.15) is 5.56 Å². The fraction of sp³-hybridized carbons (Fsp3) is 0.182. The number of halogens is 1. The van der Waals surface area contributed by atoms with Gasteiger partial charge in [0.1, 0.15) is 0 Å². The number of imidazole rings is 1. The number of nitrogens with zero attached hydrogens (tertiary/aromatic N) is 2. The third-order valence-electron chi connectivity index (χ3n) is 2.06. The van der Waals surface area contributed by atoms with Gasteiger partial charge in [0.2, 0.25) is 0 Å². The van der Waals surface area contributed by atoms with Crippen molar-refractivity contribution in [3.8, 4) is 0 Å². The molecule has 0 fully saturated rings. The van der Waals surface area contributed by atoms with E-state index >= 15 is 0 Å². The minimum atomic E-state index is 0.956. The summed E-state index contributed by atoms with van der Waals surface area (Å²) in [6.07, 6.45) is 3.79. The highest BCUT2D eigenvalue weighted by Crippen LogP contribution is 2.21. The van der Waals surface area contributed by atoms with Crippen LogP contribution in [0, 0.1) is 0 Å². The molecule has 0 N–H and O–H groups in total. The van der Waals surface area contributed by atoms with Crippen molar-refractivity contribution in [2.24, 2.45) is 7.05 Å². The summed E-state index contributed by atoms with van der Waals surface area (Å²) in [5.41, 5.74) is 1.31. The third kappa shape index (κ3) is 2.86. The average molecular weight is 283 g/mol. The molecule has 0 spiro atoms. The van der Waals surface area contributed by atoms with E-state index < -0.39 is 0 Å². The second-order valence-corrected chi connectivity index (χ2v) is 5.09. The summed E-state index contributed by atoms with van der Waals surface area (Å²) in [7, 11) is 2.01. The summed E-state index contributed by atoms with van der Waals surface area (Å²) >= 11 is 5.17. The highest BCUT2D eigenvalue weighted by molar-refractivity contribution is 9.10. The minimum absolute atomic E-state index is 0.956. The number of aromatic nitrogens is 2. The van der Waals surface area contributed by atoms with Crippen molar-refractivity contribution >= 4 is 27.7 Å². The quantitative estimate of drug-likeness (QED) is 0.803. The van der Waals surface area contributed by atoms with Gasteiger partial charge in [-0.2, -0.15) is 0 Å². The first-order chi connectivity index (χ1) is 7.25. The Labute approximate surface area is 102 Å². The molecule has 4 heteroatoms. The van der Waals surface area contributed by atoms with Gasteiger partial charge in [0.25, 0.3) is 0 Å². The predicted molar refractivity (Wildman–Crippen MR) is 66.9 cm³/mol. The molecule has 0 saturated carbocycles. The van der Waals surface area contributed by atoms with Crippen molar-refractivity contribution in [3.63, 3.8) is 0 Å². The second-order valence-electron chi connectivity index (χ2n) is 3.24. The molecular weight excluding hydrogens is 272 g/mol. The molecule has 2 nitrogen and oxygen atoms in total. The van der Waals surface area contributed by atoms with Crippen LogP contribution < -0.4 is 0 Å². The normalized spacial score (nSPS) is 10.5. The molecule has 0 radical (unpaired) electrons. The lowest BCUT2D eigenvalue weighted by atomic mass is 10.2. The minimum Gasteiger partial charge on any atom is -0.329 e. The third-order valence-corrected chi connectivity index (χ3v) is 3.72. The molecule has 0 unspecified atom stereocenters. The number of benzene rings is 1. The van der Waals surface area contributed by atoms with E-state index in [1.54, 1.807) is 11.8 Å². The zero-order valence-corrected chi connectivity index (χ0v) is 10.8. The molecule has 0 atom stereocenters. The van der Waals surface area contributed by atoms with Crippen molar-refractivity contribution in [1.29, 1.82) is 0 Å². The van der Waals surface area contributed by atoms with Gasteiger partial charge in [0.05, 0.1) is 0 Å². The fourth-order valence-corrected chi connectivity index (χ4v) is 2.37. The van der Waals surface area contributed by atoms with Gasteiger partial charge in [-0.25, -0.2) is 4.98 Å². The molecule has 2 rings (SSSR count). The van der Waals surface area contributed by atoms with Gasteiger partial charge in [0, 0.05) is 29.7 Å². The number of rotatable bonds is 3. The van der Waals surface area contributed by atoms with Crippen LogP contribution in [-0.4, -0.2) is 9.55 Å². The molecule has 0 saturated heterocycles. The Balaban J connectivity index is 1.99. The van der Waals surface area contributed by atoms with Gasteiger partial charge in [-0.15, -0.1) is 0 Å². The Morgan fingerprint density at radius 2 is 2.07 bits per heavy atom. The molecule has 0 aliphatic heterocycles. The summed E-state index contributed by atoms with van der Waals surface area (Å²) in [5, 5.41) is 1.05. The number of thioether (sulfide) groups is 1. The van der Waals surface area contributed by atoms with Gasteiger partial charge in [-0.05, 0) is 17.7 Å². The van der Waals surface area contributed by atoms with Gasteiger partial charge in [-0.3, -0.25) is 0 Å². The molecule has 0 aliphatic rings. The molecule has 15 heavy (non-hydrogen) atoms. The molecule has 78 valence electrons. The van der Waals surface area contributed by atoms with Crippen molar-refractivity contribution in [3.05, 3.63) is 46.7 Å². The molecule has 2 aromatic rings. The standard InChI is InChI=1S/C11H11BrN2S/c1-14-7-6-13-11(14)15-8-9-2-4-10(12)5-3-9/h2-7H,8H2,1H3. The Kier molecular flexibility index (Phi) is 3.49. The van der Waals surface area contributed by atoms with Crippen molar-refractivity contribution < 1.29 is 0 Å². The zero-order chi connectivity index (χ0) is 10.7. The van der Waals surface area contributed by atoms with Crippen LogP contribution in [0.2, 0.25) is 0 Å². The summed E-state index contributed by atoms with van der Waals surface area (Å²) in [6, 6.07) is 8.38. The summed E-state index contributed by atoms with van der Waals surface area (Å²) in [5.74, 6) is 0.956. The Bertz CT molecular complexity index is 436. The van der Waals surface area contributed by atoms with Crippen LogP contribution >= 0.6 is 27.7 Å². The highest BCUT2D eigenvalue weighted by Gasteiger charge is 2.00. The maximum Gasteiger partial charge on any atom is 0.167 e. The number of hydrogen-bond acceptors (Lipinski definition) is 2. The smallest absolute Gasteiger partial charge is 0.167 e. The van der Waals surface area contributed by atoms with E-state index in [0.29, 0.717) is 0 Å². The lowest BCUT2D eigenvalue weighted by Gasteiger charge is -2.01. The van der Waals surface area contributed by atoms with Gasteiger partial charge in [-0.1, -0.05) is 39.8 Å². The first-order valence-electron chi connectivity index (χ1n) is 4.60. The van der Waals surface area contributed by atoms with Gasteiger partial charge < -0.3 is 4.57 Å². The monoisotopic (exact) mass is 282 g/mol. The molecule has 0 bridgehead atoms. The Morgan fingerprint density at radius 3 is 2.67 bits per heavy atom. The molecule has 1 aromatic carbocycles. The summed E-state index contributed by atoms with van der Waals surface area (Å²) < 4.78 is 3.15. The fourth-order valence-electron chi connectivity index (χ4n) is 1.22. The first kappa shape index (κ1) is 10.8. The maximum atomic E-state index is 4.27. The first-order valence-corrected chi connectivity index (χ1v) is 6.38. The zero-order valence-electron chi connectivity index (χ0n) is 8.35. The SMILES string of the molecule is Cn1ccnc1SCc1ccc(Br)cc1. The van der Waals surface area contributed by atoms with Crippen LogP contribution in [0.5, 0.6) is 0 Å². The predicted octanol–water partition coefficient (Wildman–Crippen LogP) is 3.47. The van der Waals surface area contributed by atoms with Crippen LogP contribution in [0.25, 0.3) is 0 Å². The van der Waals surface area contributed by atoms with Gasteiger partial charge >= 0.3 is 0 Å². The molecule has 1 heterocycles. The second kappa shape index (κ2) is 4.86. The topological polar surface area (TPSA) is 17.8 Å². The van der Waals surface area contributed by atoms with E-state index in [2.05, 4.69) is 45.2 Å². The lowest BCUT2D eigenvalue weighted by Crippen LogP contribution is -1.89.